The number of rotatable bonds is 10. The first-order valence-electron chi connectivity index (χ1n) is 8.33. The average molecular weight is 356 g/mol. The van der Waals surface area contributed by atoms with Gasteiger partial charge in [-0.1, -0.05) is 55.6 Å². The fraction of sp³-hybridized carbons (Fsp3) is 0.667. The quantitative estimate of drug-likeness (QED) is 0.579. The van der Waals surface area contributed by atoms with Crippen molar-refractivity contribution in [3.05, 3.63) is 28.2 Å². The van der Waals surface area contributed by atoms with E-state index in [2.05, 4.69) is 60.2 Å². The molecule has 0 fully saturated rings. The van der Waals surface area contributed by atoms with Crippen LogP contribution in [-0.2, 0) is 0 Å². The zero-order chi connectivity index (χ0) is 15.7. The Balaban J connectivity index is 3.02. The van der Waals surface area contributed by atoms with Crippen molar-refractivity contribution in [1.29, 1.82) is 0 Å². The molecule has 0 saturated carbocycles. The van der Waals surface area contributed by atoms with Crippen molar-refractivity contribution in [1.82, 2.24) is 5.32 Å². The number of halogens is 1. The van der Waals surface area contributed by atoms with Crippen LogP contribution in [0, 0.1) is 5.92 Å². The molecule has 0 radical (unpaired) electrons. The van der Waals surface area contributed by atoms with Gasteiger partial charge in [0.25, 0.3) is 0 Å². The average Bonchev–Trinajstić information content (AvgIpc) is 2.46. The van der Waals surface area contributed by atoms with Gasteiger partial charge in [0.1, 0.15) is 5.75 Å². The van der Waals surface area contributed by atoms with Gasteiger partial charge in [-0.3, -0.25) is 0 Å². The Labute approximate surface area is 138 Å². The summed E-state index contributed by atoms with van der Waals surface area (Å²) >= 11 is 3.74. The van der Waals surface area contributed by atoms with E-state index in [4.69, 9.17) is 4.74 Å². The summed E-state index contributed by atoms with van der Waals surface area (Å²) < 4.78 is 6.74. The van der Waals surface area contributed by atoms with Gasteiger partial charge < -0.3 is 10.1 Å². The highest BCUT2D eigenvalue weighted by atomic mass is 79.9. The van der Waals surface area contributed by atoms with Crippen LogP contribution >= 0.6 is 15.9 Å². The first kappa shape index (κ1) is 18.5. The lowest BCUT2D eigenvalue weighted by Crippen LogP contribution is -2.28. The highest BCUT2D eigenvalue weighted by Gasteiger charge is 2.23. The van der Waals surface area contributed by atoms with E-state index in [0.29, 0.717) is 18.6 Å². The van der Waals surface area contributed by atoms with Crippen LogP contribution in [0.3, 0.4) is 0 Å². The number of benzene rings is 1. The van der Waals surface area contributed by atoms with Crippen LogP contribution in [0.25, 0.3) is 0 Å². The molecule has 120 valence electrons. The summed E-state index contributed by atoms with van der Waals surface area (Å²) in [5, 5.41) is 3.69. The summed E-state index contributed by atoms with van der Waals surface area (Å²) in [5.74, 6) is 1.63. The van der Waals surface area contributed by atoms with Gasteiger partial charge in [0.15, 0.2) is 0 Å². The molecule has 21 heavy (non-hydrogen) atoms. The molecule has 2 nitrogen and oxygen atoms in total. The van der Waals surface area contributed by atoms with E-state index in [1.165, 1.54) is 31.2 Å². The lowest BCUT2D eigenvalue weighted by Gasteiger charge is -2.29. The standard InChI is InChI=1S/C18H30BrNO/c1-5-9-14(10-6-2)18(20-7-3)16-12-11-15(21-8-4)13-17(16)19/h11-14,18,20H,5-10H2,1-4H3. The third-order valence-electron chi connectivity index (χ3n) is 3.83. The third-order valence-corrected chi connectivity index (χ3v) is 4.52. The Kier molecular flexibility index (Phi) is 9.02. The maximum atomic E-state index is 5.59. The van der Waals surface area contributed by atoms with Crippen LogP contribution < -0.4 is 10.1 Å². The minimum absolute atomic E-state index is 0.417. The van der Waals surface area contributed by atoms with Gasteiger partial charge in [-0.25, -0.2) is 0 Å². The molecular weight excluding hydrogens is 326 g/mol. The first-order valence-corrected chi connectivity index (χ1v) is 9.12. The van der Waals surface area contributed by atoms with Crippen molar-refractivity contribution >= 4 is 15.9 Å². The maximum absolute atomic E-state index is 5.59. The van der Waals surface area contributed by atoms with E-state index in [-0.39, 0.29) is 0 Å². The molecule has 1 atom stereocenters. The third kappa shape index (κ3) is 5.63. The second-order valence-corrected chi connectivity index (χ2v) is 6.34. The largest absolute Gasteiger partial charge is 0.494 e. The minimum atomic E-state index is 0.417. The Hall–Kier alpha value is -0.540. The molecule has 0 bridgehead atoms. The summed E-state index contributed by atoms with van der Waals surface area (Å²) in [4.78, 5) is 0. The normalized spacial score (nSPS) is 12.7. The van der Waals surface area contributed by atoms with Gasteiger partial charge in [-0.15, -0.1) is 0 Å². The van der Waals surface area contributed by atoms with E-state index in [1.807, 2.05) is 6.92 Å². The van der Waals surface area contributed by atoms with E-state index >= 15 is 0 Å². The fourth-order valence-corrected chi connectivity index (χ4v) is 3.59. The first-order chi connectivity index (χ1) is 10.2. The Morgan fingerprint density at radius 2 is 1.76 bits per heavy atom. The molecular formula is C18H30BrNO. The maximum Gasteiger partial charge on any atom is 0.120 e. The molecule has 0 amide bonds. The number of hydrogen-bond donors (Lipinski definition) is 1. The molecule has 1 aromatic carbocycles. The molecule has 0 aliphatic heterocycles. The number of nitrogens with one attached hydrogen (secondary N) is 1. The topological polar surface area (TPSA) is 21.3 Å². The van der Waals surface area contributed by atoms with Crippen LogP contribution in [0.5, 0.6) is 5.75 Å². The number of hydrogen-bond acceptors (Lipinski definition) is 2. The van der Waals surface area contributed by atoms with Gasteiger partial charge in [0.2, 0.25) is 0 Å². The van der Waals surface area contributed by atoms with Crippen LogP contribution in [0.2, 0.25) is 0 Å². The van der Waals surface area contributed by atoms with Crippen molar-refractivity contribution in [2.45, 2.75) is 59.4 Å². The van der Waals surface area contributed by atoms with Crippen molar-refractivity contribution < 1.29 is 4.74 Å². The van der Waals surface area contributed by atoms with Gasteiger partial charge in [-0.2, -0.15) is 0 Å². The van der Waals surface area contributed by atoms with Crippen LogP contribution in [0.4, 0.5) is 0 Å². The predicted molar refractivity (Wildman–Crippen MR) is 95.0 cm³/mol. The molecule has 1 rings (SSSR count). The summed E-state index contributed by atoms with van der Waals surface area (Å²) in [5.41, 5.74) is 1.35. The lowest BCUT2D eigenvalue weighted by atomic mass is 9.86. The van der Waals surface area contributed by atoms with Crippen molar-refractivity contribution in [3.63, 3.8) is 0 Å². The van der Waals surface area contributed by atoms with Crippen molar-refractivity contribution in [2.24, 2.45) is 5.92 Å². The Bertz CT molecular complexity index is 402. The highest BCUT2D eigenvalue weighted by molar-refractivity contribution is 9.10. The molecule has 1 unspecified atom stereocenters. The lowest BCUT2D eigenvalue weighted by molar-refractivity contribution is 0.318. The zero-order valence-electron chi connectivity index (χ0n) is 13.9. The molecule has 0 aliphatic carbocycles. The second-order valence-electron chi connectivity index (χ2n) is 5.49. The van der Waals surface area contributed by atoms with Gasteiger partial charge in [0.05, 0.1) is 6.61 Å². The highest BCUT2D eigenvalue weighted by Crippen LogP contribution is 2.35. The summed E-state index contributed by atoms with van der Waals surface area (Å²) in [6, 6.07) is 6.81. The minimum Gasteiger partial charge on any atom is -0.494 e. The van der Waals surface area contributed by atoms with E-state index in [1.54, 1.807) is 0 Å². The molecule has 0 heterocycles. The smallest absolute Gasteiger partial charge is 0.120 e. The molecule has 3 heteroatoms. The van der Waals surface area contributed by atoms with Crippen LogP contribution in [0.15, 0.2) is 22.7 Å². The van der Waals surface area contributed by atoms with E-state index in [9.17, 15) is 0 Å². The summed E-state index contributed by atoms with van der Waals surface area (Å²) in [6.07, 6.45) is 5.01. The Morgan fingerprint density at radius 1 is 1.10 bits per heavy atom. The van der Waals surface area contributed by atoms with Gasteiger partial charge in [-0.05, 0) is 49.9 Å². The second kappa shape index (κ2) is 10.2. The zero-order valence-corrected chi connectivity index (χ0v) is 15.5. The predicted octanol–water partition coefficient (Wildman–Crippen LogP) is 5.71. The fourth-order valence-electron chi connectivity index (χ4n) is 2.99. The monoisotopic (exact) mass is 355 g/mol. The molecule has 0 aliphatic rings. The van der Waals surface area contributed by atoms with Gasteiger partial charge >= 0.3 is 0 Å². The van der Waals surface area contributed by atoms with Crippen LogP contribution in [0.1, 0.15) is 65.0 Å². The van der Waals surface area contributed by atoms with Crippen molar-refractivity contribution in [3.8, 4) is 5.75 Å². The SMILES string of the molecule is CCCC(CCC)C(NCC)c1ccc(OCC)cc1Br. The summed E-state index contributed by atoms with van der Waals surface area (Å²) in [6.45, 7) is 10.5. The van der Waals surface area contributed by atoms with E-state index in [0.717, 1.165) is 16.8 Å². The molecule has 1 N–H and O–H groups in total. The number of ether oxygens (including phenoxy) is 1. The Morgan fingerprint density at radius 3 is 2.24 bits per heavy atom. The molecule has 0 aromatic heterocycles. The van der Waals surface area contributed by atoms with Crippen LogP contribution in [-0.4, -0.2) is 13.2 Å². The molecule has 0 saturated heterocycles. The molecule has 1 aromatic rings. The summed E-state index contributed by atoms with van der Waals surface area (Å²) in [7, 11) is 0. The van der Waals surface area contributed by atoms with E-state index < -0.39 is 0 Å². The molecule has 0 spiro atoms. The van der Waals surface area contributed by atoms with Crippen molar-refractivity contribution in [2.75, 3.05) is 13.2 Å². The van der Waals surface area contributed by atoms with Gasteiger partial charge in [0, 0.05) is 10.5 Å².